The first kappa shape index (κ1) is 17.9. The Kier molecular flexibility index (Phi) is 4.67. The number of primary amides is 1. The Morgan fingerprint density at radius 3 is 2.46 bits per heavy atom. The van der Waals surface area contributed by atoms with Crippen molar-refractivity contribution < 1.29 is 4.79 Å². The van der Waals surface area contributed by atoms with E-state index in [-0.39, 0.29) is 5.69 Å². The Bertz CT molecular complexity index is 1230. The average molecular weight is 393 g/mol. The molecule has 0 aliphatic heterocycles. The number of fused-ring (bicyclic) bond motifs is 1. The van der Waals surface area contributed by atoms with Gasteiger partial charge < -0.3 is 5.73 Å². The molecule has 2 heterocycles. The maximum atomic E-state index is 12.0. The highest BCUT2D eigenvalue weighted by molar-refractivity contribution is 6.30. The number of halogens is 1. The van der Waals surface area contributed by atoms with Crippen LogP contribution in [-0.2, 0) is 0 Å². The molecule has 0 saturated carbocycles. The van der Waals surface area contributed by atoms with Crippen molar-refractivity contribution in [2.45, 2.75) is 6.92 Å². The van der Waals surface area contributed by atoms with Crippen molar-refractivity contribution in [1.82, 2.24) is 19.3 Å². The van der Waals surface area contributed by atoms with E-state index in [4.69, 9.17) is 22.3 Å². The van der Waals surface area contributed by atoms with Gasteiger partial charge in [-0.25, -0.2) is 4.68 Å². The molecule has 0 spiro atoms. The smallest absolute Gasteiger partial charge is 0.269 e. The van der Waals surface area contributed by atoms with Gasteiger partial charge >= 0.3 is 0 Å². The SMILES string of the molecule is CCN=c1nc2c(cn1-c1ccc(Cl)cc1)c(C(N)=O)nn2-c1ccccc1. The van der Waals surface area contributed by atoms with E-state index in [0.717, 1.165) is 11.4 Å². The van der Waals surface area contributed by atoms with Crippen LogP contribution < -0.4 is 11.4 Å². The molecular weight excluding hydrogens is 376 g/mol. The van der Waals surface area contributed by atoms with Gasteiger partial charge in [0.1, 0.15) is 0 Å². The van der Waals surface area contributed by atoms with E-state index in [1.54, 1.807) is 27.6 Å². The standard InChI is InChI=1S/C20H17ClN6O/c1-2-23-20-24-19-16(12-26(20)14-10-8-13(21)9-11-14)17(18(22)28)25-27(19)15-6-4-3-5-7-15/h3-12H,2H2,1H3,(H2,22,28). The summed E-state index contributed by atoms with van der Waals surface area (Å²) >= 11 is 6.01. The van der Waals surface area contributed by atoms with Crippen molar-refractivity contribution in [1.29, 1.82) is 0 Å². The zero-order valence-corrected chi connectivity index (χ0v) is 15.8. The van der Waals surface area contributed by atoms with E-state index in [0.29, 0.717) is 28.2 Å². The van der Waals surface area contributed by atoms with Gasteiger partial charge in [-0.15, -0.1) is 0 Å². The second kappa shape index (κ2) is 7.28. The summed E-state index contributed by atoms with van der Waals surface area (Å²) in [6.07, 6.45) is 1.78. The van der Waals surface area contributed by atoms with E-state index >= 15 is 0 Å². The van der Waals surface area contributed by atoms with Crippen LogP contribution in [0.2, 0.25) is 5.02 Å². The first-order chi connectivity index (χ1) is 13.6. The molecule has 0 atom stereocenters. The van der Waals surface area contributed by atoms with E-state index in [1.807, 2.05) is 49.4 Å². The summed E-state index contributed by atoms with van der Waals surface area (Å²) in [5.41, 5.74) is 8.33. The highest BCUT2D eigenvalue weighted by Crippen LogP contribution is 2.21. The molecule has 0 fully saturated rings. The van der Waals surface area contributed by atoms with Crippen LogP contribution in [-0.4, -0.2) is 31.8 Å². The van der Waals surface area contributed by atoms with Crippen molar-refractivity contribution in [3.8, 4) is 11.4 Å². The number of nitrogens with two attached hydrogens (primary N) is 1. The molecule has 0 unspecified atom stereocenters. The Hall–Kier alpha value is -3.45. The highest BCUT2D eigenvalue weighted by atomic mass is 35.5. The normalized spacial score (nSPS) is 11.9. The largest absolute Gasteiger partial charge is 0.364 e. The molecule has 0 aliphatic carbocycles. The minimum absolute atomic E-state index is 0.150. The molecule has 1 amide bonds. The third-order valence-electron chi connectivity index (χ3n) is 4.21. The van der Waals surface area contributed by atoms with Gasteiger partial charge in [0.05, 0.1) is 11.1 Å². The lowest BCUT2D eigenvalue weighted by Gasteiger charge is -2.09. The van der Waals surface area contributed by atoms with Gasteiger partial charge in [0.15, 0.2) is 11.3 Å². The summed E-state index contributed by atoms with van der Waals surface area (Å²) in [5, 5.41) is 5.58. The molecule has 0 radical (unpaired) electrons. The lowest BCUT2D eigenvalue weighted by atomic mass is 10.2. The van der Waals surface area contributed by atoms with E-state index < -0.39 is 5.91 Å². The first-order valence-electron chi connectivity index (χ1n) is 8.72. The molecule has 8 heteroatoms. The Morgan fingerprint density at radius 1 is 1.11 bits per heavy atom. The molecular formula is C20H17ClN6O. The zero-order valence-electron chi connectivity index (χ0n) is 15.1. The van der Waals surface area contributed by atoms with Crippen LogP contribution in [0.4, 0.5) is 0 Å². The molecule has 0 saturated heterocycles. The molecule has 140 valence electrons. The summed E-state index contributed by atoms with van der Waals surface area (Å²) in [6, 6.07) is 16.7. The molecule has 28 heavy (non-hydrogen) atoms. The number of hydrogen-bond acceptors (Lipinski definition) is 4. The fourth-order valence-corrected chi connectivity index (χ4v) is 3.08. The number of carbonyl (C=O) groups excluding carboxylic acids is 1. The molecule has 2 aromatic carbocycles. The summed E-state index contributed by atoms with van der Waals surface area (Å²) in [7, 11) is 0. The Morgan fingerprint density at radius 2 is 1.82 bits per heavy atom. The van der Waals surface area contributed by atoms with Crippen LogP contribution in [0.15, 0.2) is 65.8 Å². The van der Waals surface area contributed by atoms with Crippen LogP contribution in [0.5, 0.6) is 0 Å². The van der Waals surface area contributed by atoms with Gasteiger partial charge in [-0.1, -0.05) is 29.8 Å². The van der Waals surface area contributed by atoms with Gasteiger partial charge in [0, 0.05) is 23.5 Å². The number of amides is 1. The molecule has 2 aromatic heterocycles. The number of para-hydroxylation sites is 1. The van der Waals surface area contributed by atoms with Crippen LogP contribution in [0, 0.1) is 0 Å². The highest BCUT2D eigenvalue weighted by Gasteiger charge is 2.19. The van der Waals surface area contributed by atoms with Crippen LogP contribution in [0.25, 0.3) is 22.4 Å². The fraction of sp³-hybridized carbons (Fsp3) is 0.100. The van der Waals surface area contributed by atoms with Crippen molar-refractivity contribution >= 4 is 28.5 Å². The predicted octanol–water partition coefficient (Wildman–Crippen LogP) is 2.88. The topological polar surface area (TPSA) is 91.1 Å². The number of rotatable bonds is 4. The lowest BCUT2D eigenvalue weighted by molar-refractivity contribution is 0.0996. The van der Waals surface area contributed by atoms with Gasteiger partial charge in [-0.2, -0.15) is 10.1 Å². The van der Waals surface area contributed by atoms with Crippen LogP contribution >= 0.6 is 11.6 Å². The number of benzene rings is 2. The predicted molar refractivity (Wildman–Crippen MR) is 108 cm³/mol. The number of nitrogens with zero attached hydrogens (tertiary/aromatic N) is 5. The lowest BCUT2D eigenvalue weighted by Crippen LogP contribution is -2.24. The van der Waals surface area contributed by atoms with Gasteiger partial charge in [-0.05, 0) is 43.3 Å². The summed E-state index contributed by atoms with van der Waals surface area (Å²) < 4.78 is 3.40. The molecule has 7 nitrogen and oxygen atoms in total. The second-order valence-electron chi connectivity index (χ2n) is 6.06. The molecule has 0 aliphatic rings. The van der Waals surface area contributed by atoms with Crippen LogP contribution in [0.1, 0.15) is 17.4 Å². The first-order valence-corrected chi connectivity index (χ1v) is 9.10. The molecule has 0 bridgehead atoms. The van der Waals surface area contributed by atoms with Gasteiger partial charge in [0.2, 0.25) is 5.62 Å². The summed E-state index contributed by atoms with van der Waals surface area (Å²) in [6.45, 7) is 2.48. The monoisotopic (exact) mass is 392 g/mol. The van der Waals surface area contributed by atoms with Crippen molar-refractivity contribution in [2.24, 2.45) is 10.7 Å². The summed E-state index contributed by atoms with van der Waals surface area (Å²) in [5.74, 6) is -0.621. The zero-order chi connectivity index (χ0) is 19.7. The number of aromatic nitrogens is 4. The Balaban J connectivity index is 2.07. The third kappa shape index (κ3) is 3.16. The van der Waals surface area contributed by atoms with Crippen molar-refractivity contribution in [3.63, 3.8) is 0 Å². The quantitative estimate of drug-likeness (QED) is 0.578. The second-order valence-corrected chi connectivity index (χ2v) is 6.50. The minimum atomic E-state index is -0.621. The van der Waals surface area contributed by atoms with E-state index in [2.05, 4.69) is 10.1 Å². The average Bonchev–Trinajstić information content (AvgIpc) is 3.08. The number of carbonyl (C=O) groups is 1. The van der Waals surface area contributed by atoms with Gasteiger partial charge in [0.25, 0.3) is 5.91 Å². The van der Waals surface area contributed by atoms with Crippen LogP contribution in [0.3, 0.4) is 0 Å². The van der Waals surface area contributed by atoms with Gasteiger partial charge in [-0.3, -0.25) is 14.4 Å². The molecule has 4 aromatic rings. The molecule has 4 rings (SSSR count). The number of hydrogen-bond donors (Lipinski definition) is 1. The minimum Gasteiger partial charge on any atom is -0.364 e. The van der Waals surface area contributed by atoms with Crippen molar-refractivity contribution in [2.75, 3.05) is 6.54 Å². The maximum absolute atomic E-state index is 12.0. The van der Waals surface area contributed by atoms with Crippen molar-refractivity contribution in [3.05, 3.63) is 77.1 Å². The Labute approximate surface area is 165 Å². The molecule has 2 N–H and O–H groups in total. The van der Waals surface area contributed by atoms with E-state index in [9.17, 15) is 4.79 Å². The van der Waals surface area contributed by atoms with E-state index in [1.165, 1.54) is 0 Å². The summed E-state index contributed by atoms with van der Waals surface area (Å²) in [4.78, 5) is 21.2. The maximum Gasteiger partial charge on any atom is 0.269 e. The fourth-order valence-electron chi connectivity index (χ4n) is 2.96. The third-order valence-corrected chi connectivity index (χ3v) is 4.47.